The molecule has 2 aromatic rings. The van der Waals surface area contributed by atoms with E-state index in [0.717, 1.165) is 0 Å². The molecule has 2 heterocycles. The molecule has 0 radical (unpaired) electrons. The third kappa shape index (κ3) is 1.31. The van der Waals surface area contributed by atoms with Crippen molar-refractivity contribution in [2.75, 3.05) is 0 Å². The van der Waals surface area contributed by atoms with E-state index in [2.05, 4.69) is 5.16 Å². The second-order valence-electron chi connectivity index (χ2n) is 2.39. The maximum absolute atomic E-state index is 10.4. The van der Waals surface area contributed by atoms with E-state index >= 15 is 0 Å². The average molecular weight is 179 g/mol. The first kappa shape index (κ1) is 7.60. The van der Waals surface area contributed by atoms with E-state index in [1.165, 1.54) is 18.6 Å². The van der Waals surface area contributed by atoms with Crippen LogP contribution >= 0.6 is 0 Å². The molecule has 13 heavy (non-hydrogen) atoms. The molecule has 1 N–H and O–H groups in total. The Morgan fingerprint density at radius 2 is 2.38 bits per heavy atom. The highest BCUT2D eigenvalue weighted by molar-refractivity contribution is 5.86. The fourth-order valence-electron chi connectivity index (χ4n) is 0.917. The Morgan fingerprint density at radius 3 is 2.92 bits per heavy atom. The molecule has 0 fully saturated rings. The third-order valence-electron chi connectivity index (χ3n) is 1.53. The summed E-state index contributed by atoms with van der Waals surface area (Å²) in [5.74, 6) is -0.732. The molecular formula is C8H5NO4. The number of carbonyl (C=O) groups is 1. The van der Waals surface area contributed by atoms with E-state index < -0.39 is 5.97 Å². The largest absolute Gasteiger partial charge is 0.476 e. The van der Waals surface area contributed by atoms with Crippen molar-refractivity contribution in [3.8, 4) is 11.3 Å². The van der Waals surface area contributed by atoms with Crippen LogP contribution in [0.15, 0.2) is 33.6 Å². The molecule has 0 saturated carbocycles. The quantitative estimate of drug-likeness (QED) is 0.758. The minimum Gasteiger partial charge on any atom is -0.476 e. The minimum atomic E-state index is -1.11. The van der Waals surface area contributed by atoms with Crippen molar-refractivity contribution >= 4 is 5.97 Å². The molecule has 0 bridgehead atoms. The topological polar surface area (TPSA) is 76.5 Å². The number of furan rings is 1. The first-order valence-electron chi connectivity index (χ1n) is 3.50. The van der Waals surface area contributed by atoms with Gasteiger partial charge in [0.15, 0.2) is 11.5 Å². The van der Waals surface area contributed by atoms with Crippen molar-refractivity contribution in [3.05, 3.63) is 30.4 Å². The maximum atomic E-state index is 10.4. The van der Waals surface area contributed by atoms with Gasteiger partial charge in [-0.1, -0.05) is 5.16 Å². The summed E-state index contributed by atoms with van der Waals surface area (Å²) in [7, 11) is 0. The minimum absolute atomic E-state index is 0.115. The molecule has 0 spiro atoms. The summed E-state index contributed by atoms with van der Waals surface area (Å²) in [6.45, 7) is 0. The second-order valence-corrected chi connectivity index (χ2v) is 2.39. The van der Waals surface area contributed by atoms with E-state index in [1.807, 2.05) is 0 Å². The third-order valence-corrected chi connectivity index (χ3v) is 1.53. The summed E-state index contributed by atoms with van der Waals surface area (Å²) in [5.41, 5.74) is 0.552. The number of hydrogen-bond donors (Lipinski definition) is 1. The van der Waals surface area contributed by atoms with E-state index in [9.17, 15) is 4.79 Å². The smallest absolute Gasteiger partial charge is 0.358 e. The van der Waals surface area contributed by atoms with Crippen molar-refractivity contribution in [2.45, 2.75) is 0 Å². The Labute approximate surface area is 72.6 Å². The van der Waals surface area contributed by atoms with Gasteiger partial charge in [-0.25, -0.2) is 4.79 Å². The summed E-state index contributed by atoms with van der Waals surface area (Å²) in [5, 5.41) is 11.9. The Kier molecular flexibility index (Phi) is 1.63. The SMILES string of the molecule is O=C(O)c1cc(-c2ccoc2)on1. The number of aromatic nitrogens is 1. The fraction of sp³-hybridized carbons (Fsp3) is 0. The van der Waals surface area contributed by atoms with Gasteiger partial charge in [-0.2, -0.15) is 0 Å². The predicted molar refractivity (Wildman–Crippen MR) is 41.2 cm³/mol. The summed E-state index contributed by atoms with van der Waals surface area (Å²) < 4.78 is 9.58. The van der Waals surface area contributed by atoms with Gasteiger partial charge in [-0.15, -0.1) is 0 Å². The van der Waals surface area contributed by atoms with E-state index in [-0.39, 0.29) is 5.69 Å². The molecule has 0 amide bonds. The molecule has 0 aromatic carbocycles. The molecule has 0 atom stereocenters. The molecule has 2 rings (SSSR count). The van der Waals surface area contributed by atoms with Crippen LogP contribution in [0.5, 0.6) is 0 Å². The van der Waals surface area contributed by atoms with Gasteiger partial charge in [0.2, 0.25) is 0 Å². The molecule has 5 heteroatoms. The van der Waals surface area contributed by atoms with Crippen molar-refractivity contribution < 1.29 is 18.8 Å². The maximum Gasteiger partial charge on any atom is 0.358 e. The van der Waals surface area contributed by atoms with E-state index in [1.54, 1.807) is 6.07 Å². The highest BCUT2D eigenvalue weighted by Crippen LogP contribution is 2.20. The van der Waals surface area contributed by atoms with Crippen LogP contribution in [0.4, 0.5) is 0 Å². The lowest BCUT2D eigenvalue weighted by atomic mass is 10.2. The molecule has 0 aliphatic heterocycles. The summed E-state index contributed by atoms with van der Waals surface area (Å²) in [4.78, 5) is 10.4. The summed E-state index contributed by atoms with van der Waals surface area (Å²) in [6, 6.07) is 3.00. The Balaban J connectivity index is 2.39. The van der Waals surface area contributed by atoms with Crippen LogP contribution in [0.3, 0.4) is 0 Å². The lowest BCUT2D eigenvalue weighted by Gasteiger charge is -1.81. The fourth-order valence-corrected chi connectivity index (χ4v) is 0.917. The van der Waals surface area contributed by atoms with Crippen molar-refractivity contribution in [1.82, 2.24) is 5.16 Å². The van der Waals surface area contributed by atoms with Gasteiger partial charge < -0.3 is 14.0 Å². The van der Waals surface area contributed by atoms with Crippen LogP contribution < -0.4 is 0 Å². The van der Waals surface area contributed by atoms with Gasteiger partial charge in [0.25, 0.3) is 0 Å². The molecule has 0 aliphatic carbocycles. The zero-order chi connectivity index (χ0) is 9.26. The normalized spacial score (nSPS) is 10.2. The Bertz CT molecular complexity index is 415. The van der Waals surface area contributed by atoms with Gasteiger partial charge >= 0.3 is 5.97 Å². The molecule has 2 aromatic heterocycles. The summed E-state index contributed by atoms with van der Waals surface area (Å²) >= 11 is 0. The molecule has 0 unspecified atom stereocenters. The van der Waals surface area contributed by atoms with Gasteiger partial charge in [0, 0.05) is 6.07 Å². The first-order valence-corrected chi connectivity index (χ1v) is 3.50. The van der Waals surface area contributed by atoms with Crippen molar-refractivity contribution in [1.29, 1.82) is 0 Å². The van der Waals surface area contributed by atoms with Crippen LogP contribution in [0.1, 0.15) is 10.5 Å². The first-order chi connectivity index (χ1) is 6.27. The highest BCUT2D eigenvalue weighted by Gasteiger charge is 2.12. The predicted octanol–water partition coefficient (Wildman–Crippen LogP) is 1.63. The van der Waals surface area contributed by atoms with Crippen LogP contribution in [-0.4, -0.2) is 16.2 Å². The van der Waals surface area contributed by atoms with Crippen LogP contribution in [0.25, 0.3) is 11.3 Å². The van der Waals surface area contributed by atoms with Gasteiger partial charge in [-0.3, -0.25) is 0 Å². The molecule has 0 aliphatic rings. The second kappa shape index (κ2) is 2.78. The number of rotatable bonds is 2. The number of hydrogen-bond acceptors (Lipinski definition) is 4. The van der Waals surface area contributed by atoms with Crippen molar-refractivity contribution in [3.63, 3.8) is 0 Å². The zero-order valence-corrected chi connectivity index (χ0v) is 6.43. The molecule has 5 nitrogen and oxygen atoms in total. The molecular weight excluding hydrogens is 174 g/mol. The van der Waals surface area contributed by atoms with Crippen LogP contribution in [0, 0.1) is 0 Å². The number of nitrogens with zero attached hydrogens (tertiary/aromatic N) is 1. The standard InChI is InChI=1S/C8H5NO4/c10-8(11)6-3-7(13-9-6)5-1-2-12-4-5/h1-4H,(H,10,11). The highest BCUT2D eigenvalue weighted by atomic mass is 16.5. The van der Waals surface area contributed by atoms with E-state index in [4.69, 9.17) is 14.0 Å². The monoisotopic (exact) mass is 179 g/mol. The average Bonchev–Trinajstić information content (AvgIpc) is 2.75. The zero-order valence-electron chi connectivity index (χ0n) is 6.43. The van der Waals surface area contributed by atoms with Crippen molar-refractivity contribution in [2.24, 2.45) is 0 Å². The lowest BCUT2D eigenvalue weighted by molar-refractivity contribution is 0.0686. The van der Waals surface area contributed by atoms with E-state index in [0.29, 0.717) is 11.3 Å². The van der Waals surface area contributed by atoms with Crippen LogP contribution in [-0.2, 0) is 0 Å². The molecule has 66 valence electrons. The Hall–Kier alpha value is -2.04. The lowest BCUT2D eigenvalue weighted by Crippen LogP contribution is -1.94. The number of carboxylic acid groups (broad SMARTS) is 1. The van der Waals surface area contributed by atoms with Crippen LogP contribution in [0.2, 0.25) is 0 Å². The molecule has 0 saturated heterocycles. The van der Waals surface area contributed by atoms with Gasteiger partial charge in [-0.05, 0) is 6.07 Å². The Morgan fingerprint density at radius 1 is 1.54 bits per heavy atom. The summed E-state index contributed by atoms with van der Waals surface area (Å²) in [6.07, 6.45) is 2.92. The van der Waals surface area contributed by atoms with Gasteiger partial charge in [0.1, 0.15) is 6.26 Å². The van der Waals surface area contributed by atoms with Gasteiger partial charge in [0.05, 0.1) is 11.8 Å². The number of aromatic carboxylic acids is 1. The number of carboxylic acids is 1.